The molecule has 0 spiro atoms. The van der Waals surface area contributed by atoms with Crippen molar-refractivity contribution >= 4 is 11.8 Å². The molecular weight excluding hydrogens is 250 g/mol. The normalized spacial score (nSPS) is 17.8. The molecule has 2 heteroatoms. The van der Waals surface area contributed by atoms with Gasteiger partial charge in [-0.3, -0.25) is 0 Å². The van der Waals surface area contributed by atoms with Crippen molar-refractivity contribution in [3.8, 4) is 0 Å². The topological polar surface area (TPSA) is 12.0 Å². The summed E-state index contributed by atoms with van der Waals surface area (Å²) in [6.07, 6.45) is 6.94. The van der Waals surface area contributed by atoms with Crippen molar-refractivity contribution in [2.24, 2.45) is 0 Å². The molecule has 1 aliphatic rings. The Balaban J connectivity index is 1.91. The fourth-order valence-corrected chi connectivity index (χ4v) is 4.12. The fraction of sp³-hybridized carbons (Fsp3) is 0.647. The van der Waals surface area contributed by atoms with Gasteiger partial charge in [-0.05, 0) is 38.3 Å². The van der Waals surface area contributed by atoms with Crippen LogP contribution in [0.2, 0.25) is 0 Å². The number of rotatable bonds is 7. The molecule has 1 fully saturated rings. The van der Waals surface area contributed by atoms with Gasteiger partial charge in [0, 0.05) is 17.0 Å². The van der Waals surface area contributed by atoms with Gasteiger partial charge in [-0.25, -0.2) is 0 Å². The smallest absolute Gasteiger partial charge is 0.0411 e. The molecule has 1 aromatic carbocycles. The highest BCUT2D eigenvalue weighted by Gasteiger charge is 2.18. The van der Waals surface area contributed by atoms with Gasteiger partial charge in [0.15, 0.2) is 0 Å². The monoisotopic (exact) mass is 277 g/mol. The molecule has 1 saturated carbocycles. The molecule has 106 valence electrons. The highest BCUT2D eigenvalue weighted by Crippen LogP contribution is 2.32. The van der Waals surface area contributed by atoms with Gasteiger partial charge < -0.3 is 5.32 Å². The first kappa shape index (κ1) is 14.9. The van der Waals surface area contributed by atoms with Crippen LogP contribution in [0.1, 0.15) is 56.2 Å². The van der Waals surface area contributed by atoms with Gasteiger partial charge in [0.25, 0.3) is 0 Å². The highest BCUT2D eigenvalue weighted by atomic mass is 32.2. The summed E-state index contributed by atoms with van der Waals surface area (Å²) in [5, 5.41) is 4.62. The Kier molecular flexibility index (Phi) is 6.25. The molecule has 1 N–H and O–H groups in total. The largest absolute Gasteiger partial charge is 0.309 e. The molecule has 2 rings (SSSR count). The summed E-state index contributed by atoms with van der Waals surface area (Å²) in [6.45, 7) is 5.51. The predicted molar refractivity (Wildman–Crippen MR) is 86.9 cm³/mol. The minimum absolute atomic E-state index is 0.520. The Labute approximate surface area is 122 Å². The molecule has 0 aromatic heterocycles. The van der Waals surface area contributed by atoms with Crippen LogP contribution in [0.25, 0.3) is 0 Å². The molecule has 1 atom stereocenters. The lowest BCUT2D eigenvalue weighted by Gasteiger charge is -2.21. The summed E-state index contributed by atoms with van der Waals surface area (Å²) in [7, 11) is 0. The van der Waals surface area contributed by atoms with Gasteiger partial charge in [-0.15, -0.1) is 0 Å². The van der Waals surface area contributed by atoms with Gasteiger partial charge in [-0.1, -0.05) is 49.6 Å². The Bertz CT molecular complexity index is 354. The standard InChI is InChI=1S/C17H27NS/c1-3-12-18-17(13-19-16-6-4-5-7-16)15-10-8-14(2)9-11-15/h8-11,16-18H,3-7,12-13H2,1-2H3. The number of aryl methyl sites for hydroxylation is 1. The maximum absolute atomic E-state index is 3.71. The minimum Gasteiger partial charge on any atom is -0.309 e. The number of nitrogens with one attached hydrogen (secondary N) is 1. The SMILES string of the molecule is CCCNC(CSC1CCCC1)c1ccc(C)cc1. The molecule has 0 saturated heterocycles. The Morgan fingerprint density at radius 3 is 2.53 bits per heavy atom. The maximum Gasteiger partial charge on any atom is 0.0411 e. The van der Waals surface area contributed by atoms with E-state index in [0.29, 0.717) is 6.04 Å². The molecule has 0 radical (unpaired) electrons. The van der Waals surface area contributed by atoms with Crippen LogP contribution in [0.4, 0.5) is 0 Å². The van der Waals surface area contributed by atoms with E-state index in [1.807, 2.05) is 0 Å². The first-order valence-electron chi connectivity index (χ1n) is 7.71. The summed E-state index contributed by atoms with van der Waals surface area (Å²) in [4.78, 5) is 0. The fourth-order valence-electron chi connectivity index (χ4n) is 2.68. The third kappa shape index (κ3) is 4.85. The van der Waals surface area contributed by atoms with Crippen molar-refractivity contribution in [1.29, 1.82) is 0 Å². The third-order valence-electron chi connectivity index (χ3n) is 3.92. The van der Waals surface area contributed by atoms with E-state index in [0.717, 1.165) is 11.8 Å². The summed E-state index contributed by atoms with van der Waals surface area (Å²) < 4.78 is 0. The van der Waals surface area contributed by atoms with E-state index < -0.39 is 0 Å². The van der Waals surface area contributed by atoms with Gasteiger partial charge in [0.05, 0.1) is 0 Å². The molecule has 0 bridgehead atoms. The molecule has 1 nitrogen and oxygen atoms in total. The summed E-state index contributed by atoms with van der Waals surface area (Å²) >= 11 is 2.18. The van der Waals surface area contributed by atoms with Crippen LogP contribution in [0, 0.1) is 6.92 Å². The van der Waals surface area contributed by atoms with Crippen molar-refractivity contribution in [1.82, 2.24) is 5.32 Å². The van der Waals surface area contributed by atoms with Gasteiger partial charge in [0.2, 0.25) is 0 Å². The van der Waals surface area contributed by atoms with Crippen LogP contribution in [-0.4, -0.2) is 17.5 Å². The van der Waals surface area contributed by atoms with Crippen molar-refractivity contribution in [2.45, 2.75) is 57.2 Å². The summed E-state index contributed by atoms with van der Waals surface area (Å²) in [6, 6.07) is 9.56. The van der Waals surface area contributed by atoms with Crippen LogP contribution in [0.5, 0.6) is 0 Å². The van der Waals surface area contributed by atoms with Crippen molar-refractivity contribution in [3.63, 3.8) is 0 Å². The second-order valence-electron chi connectivity index (χ2n) is 5.66. The maximum atomic E-state index is 3.71. The first-order chi connectivity index (χ1) is 9.29. The zero-order chi connectivity index (χ0) is 13.5. The van der Waals surface area contributed by atoms with Gasteiger partial charge >= 0.3 is 0 Å². The molecule has 1 aromatic rings. The van der Waals surface area contributed by atoms with Gasteiger partial charge in [0.1, 0.15) is 0 Å². The second kappa shape index (κ2) is 7.96. The van der Waals surface area contributed by atoms with E-state index in [4.69, 9.17) is 0 Å². The van der Waals surface area contributed by atoms with Crippen molar-refractivity contribution in [3.05, 3.63) is 35.4 Å². The van der Waals surface area contributed by atoms with Crippen molar-refractivity contribution in [2.75, 3.05) is 12.3 Å². The Hall–Kier alpha value is -0.470. The molecule has 0 amide bonds. The number of benzene rings is 1. The Morgan fingerprint density at radius 1 is 1.21 bits per heavy atom. The number of hydrogen-bond donors (Lipinski definition) is 1. The van der Waals surface area contributed by atoms with Crippen LogP contribution in [0.15, 0.2) is 24.3 Å². The zero-order valence-corrected chi connectivity index (χ0v) is 13.1. The van der Waals surface area contributed by atoms with Gasteiger partial charge in [-0.2, -0.15) is 11.8 Å². The number of thioether (sulfide) groups is 1. The highest BCUT2D eigenvalue weighted by molar-refractivity contribution is 7.99. The molecule has 0 heterocycles. The van der Waals surface area contributed by atoms with Crippen LogP contribution in [0.3, 0.4) is 0 Å². The quantitative estimate of drug-likeness (QED) is 0.774. The van der Waals surface area contributed by atoms with E-state index in [9.17, 15) is 0 Å². The molecule has 1 aliphatic carbocycles. The van der Waals surface area contributed by atoms with E-state index in [1.165, 1.54) is 49.0 Å². The van der Waals surface area contributed by atoms with E-state index in [2.05, 4.69) is 55.2 Å². The number of hydrogen-bond acceptors (Lipinski definition) is 2. The zero-order valence-electron chi connectivity index (χ0n) is 12.3. The third-order valence-corrected chi connectivity index (χ3v) is 5.39. The summed E-state index contributed by atoms with van der Waals surface area (Å²) in [5.41, 5.74) is 2.80. The van der Waals surface area contributed by atoms with Crippen LogP contribution >= 0.6 is 11.8 Å². The minimum atomic E-state index is 0.520. The summed E-state index contributed by atoms with van der Waals surface area (Å²) in [5.74, 6) is 1.22. The van der Waals surface area contributed by atoms with Crippen LogP contribution in [-0.2, 0) is 0 Å². The molecule has 1 unspecified atom stereocenters. The van der Waals surface area contributed by atoms with E-state index in [-0.39, 0.29) is 0 Å². The second-order valence-corrected chi connectivity index (χ2v) is 6.99. The van der Waals surface area contributed by atoms with Crippen LogP contribution < -0.4 is 5.32 Å². The molecule has 19 heavy (non-hydrogen) atoms. The first-order valence-corrected chi connectivity index (χ1v) is 8.76. The molecule has 0 aliphatic heterocycles. The predicted octanol–water partition coefficient (Wildman–Crippen LogP) is 4.71. The van der Waals surface area contributed by atoms with E-state index >= 15 is 0 Å². The average Bonchev–Trinajstić information content (AvgIpc) is 2.93. The lowest BCUT2D eigenvalue weighted by atomic mass is 10.1. The lowest BCUT2D eigenvalue weighted by molar-refractivity contribution is 0.576. The Morgan fingerprint density at radius 2 is 1.89 bits per heavy atom. The van der Waals surface area contributed by atoms with E-state index in [1.54, 1.807) is 0 Å². The average molecular weight is 277 g/mol. The van der Waals surface area contributed by atoms with Crippen molar-refractivity contribution < 1.29 is 0 Å². The molecular formula is C17H27NS. The lowest BCUT2D eigenvalue weighted by Crippen LogP contribution is -2.24.